The summed E-state index contributed by atoms with van der Waals surface area (Å²) in [6.07, 6.45) is 1.47. The minimum atomic E-state index is -0.822. The van der Waals surface area contributed by atoms with Crippen molar-refractivity contribution in [3.05, 3.63) is 12.4 Å². The molecule has 0 spiro atoms. The van der Waals surface area contributed by atoms with Crippen molar-refractivity contribution in [1.82, 2.24) is 9.97 Å². The van der Waals surface area contributed by atoms with E-state index >= 15 is 0 Å². The van der Waals surface area contributed by atoms with Crippen LogP contribution in [0.4, 0.5) is 11.6 Å². The van der Waals surface area contributed by atoms with E-state index in [0.29, 0.717) is 12.4 Å². The van der Waals surface area contributed by atoms with Gasteiger partial charge in [0.1, 0.15) is 18.0 Å². The number of aromatic nitrogens is 2. The molecular formula is C11H18N4O2. The van der Waals surface area contributed by atoms with Crippen molar-refractivity contribution in [1.29, 1.82) is 0 Å². The van der Waals surface area contributed by atoms with E-state index in [0.717, 1.165) is 12.4 Å². The molecule has 6 heteroatoms. The van der Waals surface area contributed by atoms with Crippen LogP contribution in [0, 0.1) is 5.92 Å². The molecule has 0 saturated carbocycles. The molecule has 0 saturated heterocycles. The zero-order chi connectivity index (χ0) is 12.8. The van der Waals surface area contributed by atoms with Crippen LogP contribution in [0.2, 0.25) is 0 Å². The van der Waals surface area contributed by atoms with Crippen LogP contribution in [-0.2, 0) is 4.79 Å². The number of carboxylic acids is 1. The van der Waals surface area contributed by atoms with Crippen LogP contribution in [-0.4, -0.2) is 41.2 Å². The Kier molecular flexibility index (Phi) is 4.68. The van der Waals surface area contributed by atoms with Crippen molar-refractivity contribution >= 4 is 17.6 Å². The second kappa shape index (κ2) is 6.03. The van der Waals surface area contributed by atoms with Gasteiger partial charge in [-0.2, -0.15) is 0 Å². The van der Waals surface area contributed by atoms with Crippen LogP contribution < -0.4 is 10.2 Å². The van der Waals surface area contributed by atoms with Gasteiger partial charge in [0.25, 0.3) is 0 Å². The minimum Gasteiger partial charge on any atom is -0.481 e. The Morgan fingerprint density at radius 1 is 1.59 bits per heavy atom. The maximum Gasteiger partial charge on any atom is 0.308 e. The number of nitrogens with zero attached hydrogens (tertiary/aromatic N) is 3. The van der Waals surface area contributed by atoms with Gasteiger partial charge in [0.05, 0.1) is 5.92 Å². The zero-order valence-electron chi connectivity index (χ0n) is 10.3. The van der Waals surface area contributed by atoms with E-state index in [1.807, 2.05) is 18.9 Å². The molecule has 1 rings (SSSR count). The van der Waals surface area contributed by atoms with E-state index in [1.54, 1.807) is 13.0 Å². The van der Waals surface area contributed by atoms with Crippen molar-refractivity contribution in [2.45, 2.75) is 13.8 Å². The highest BCUT2D eigenvalue weighted by Gasteiger charge is 2.10. The summed E-state index contributed by atoms with van der Waals surface area (Å²) >= 11 is 0. The fourth-order valence-electron chi connectivity index (χ4n) is 1.16. The van der Waals surface area contributed by atoms with Gasteiger partial charge in [-0.3, -0.25) is 4.79 Å². The van der Waals surface area contributed by atoms with Gasteiger partial charge in [-0.05, 0) is 6.92 Å². The molecular weight excluding hydrogens is 220 g/mol. The van der Waals surface area contributed by atoms with Gasteiger partial charge in [-0.25, -0.2) is 9.97 Å². The van der Waals surface area contributed by atoms with Gasteiger partial charge in [0.15, 0.2) is 0 Å². The van der Waals surface area contributed by atoms with Crippen LogP contribution in [0.3, 0.4) is 0 Å². The molecule has 1 unspecified atom stereocenters. The van der Waals surface area contributed by atoms with Crippen molar-refractivity contribution in [2.24, 2.45) is 5.92 Å². The Hall–Kier alpha value is -1.85. The number of anilines is 2. The summed E-state index contributed by atoms with van der Waals surface area (Å²) in [6, 6.07) is 1.80. The van der Waals surface area contributed by atoms with Crippen LogP contribution in [0.25, 0.3) is 0 Å². The molecule has 17 heavy (non-hydrogen) atoms. The number of hydrogen-bond donors (Lipinski definition) is 2. The quantitative estimate of drug-likeness (QED) is 0.771. The lowest BCUT2D eigenvalue weighted by atomic mass is 10.2. The molecule has 1 heterocycles. The van der Waals surface area contributed by atoms with Gasteiger partial charge in [0.2, 0.25) is 0 Å². The molecule has 0 fully saturated rings. The maximum atomic E-state index is 10.7. The first kappa shape index (κ1) is 13.2. The largest absolute Gasteiger partial charge is 0.481 e. The van der Waals surface area contributed by atoms with Crippen LogP contribution in [0.15, 0.2) is 12.4 Å². The first-order chi connectivity index (χ1) is 8.04. The van der Waals surface area contributed by atoms with Crippen molar-refractivity contribution < 1.29 is 9.90 Å². The molecule has 0 aromatic carbocycles. The Labute approximate surface area is 101 Å². The normalized spacial score (nSPS) is 11.9. The van der Waals surface area contributed by atoms with E-state index < -0.39 is 11.9 Å². The van der Waals surface area contributed by atoms with Crippen LogP contribution in [0.5, 0.6) is 0 Å². The second-order valence-corrected chi connectivity index (χ2v) is 3.90. The van der Waals surface area contributed by atoms with Gasteiger partial charge in [-0.1, -0.05) is 6.92 Å². The molecule has 0 amide bonds. The standard InChI is InChI=1S/C11H18N4O2/c1-4-15(3)10-5-9(13-7-14-10)12-6-8(2)11(16)17/h5,7-8H,4,6H2,1-3H3,(H,16,17)(H,12,13,14). The molecule has 1 aromatic rings. The van der Waals surface area contributed by atoms with Gasteiger partial charge < -0.3 is 15.3 Å². The molecule has 0 radical (unpaired) electrons. The SMILES string of the molecule is CCN(C)c1cc(NCC(C)C(=O)O)ncn1. The van der Waals surface area contributed by atoms with Gasteiger partial charge >= 0.3 is 5.97 Å². The summed E-state index contributed by atoms with van der Waals surface area (Å²) in [4.78, 5) is 20.8. The van der Waals surface area contributed by atoms with Crippen LogP contribution in [0.1, 0.15) is 13.8 Å². The molecule has 0 aliphatic heterocycles. The lowest BCUT2D eigenvalue weighted by Gasteiger charge is -2.16. The van der Waals surface area contributed by atoms with Crippen molar-refractivity contribution in [2.75, 3.05) is 30.4 Å². The number of nitrogens with one attached hydrogen (secondary N) is 1. The number of aliphatic carboxylic acids is 1. The van der Waals surface area contributed by atoms with Crippen LogP contribution >= 0.6 is 0 Å². The van der Waals surface area contributed by atoms with E-state index in [2.05, 4.69) is 15.3 Å². The molecule has 6 nitrogen and oxygen atoms in total. The number of rotatable bonds is 6. The number of hydrogen-bond acceptors (Lipinski definition) is 5. The number of carbonyl (C=O) groups is 1. The van der Waals surface area contributed by atoms with E-state index in [-0.39, 0.29) is 0 Å². The fourth-order valence-corrected chi connectivity index (χ4v) is 1.16. The summed E-state index contributed by atoms with van der Waals surface area (Å²) in [7, 11) is 1.94. The predicted octanol–water partition coefficient (Wildman–Crippen LogP) is 1.07. The lowest BCUT2D eigenvalue weighted by molar-refractivity contribution is -0.140. The van der Waals surface area contributed by atoms with Crippen molar-refractivity contribution in [3.8, 4) is 0 Å². The first-order valence-corrected chi connectivity index (χ1v) is 5.54. The summed E-state index contributed by atoms with van der Waals surface area (Å²) in [6.45, 7) is 4.88. The summed E-state index contributed by atoms with van der Waals surface area (Å²) < 4.78 is 0. The van der Waals surface area contributed by atoms with Gasteiger partial charge in [0, 0.05) is 26.2 Å². The first-order valence-electron chi connectivity index (χ1n) is 5.54. The second-order valence-electron chi connectivity index (χ2n) is 3.90. The zero-order valence-corrected chi connectivity index (χ0v) is 10.3. The Balaban J connectivity index is 2.63. The van der Waals surface area contributed by atoms with Crippen molar-refractivity contribution in [3.63, 3.8) is 0 Å². The smallest absolute Gasteiger partial charge is 0.308 e. The van der Waals surface area contributed by atoms with E-state index in [4.69, 9.17) is 5.11 Å². The third kappa shape index (κ3) is 3.90. The molecule has 1 atom stereocenters. The highest BCUT2D eigenvalue weighted by atomic mass is 16.4. The summed E-state index contributed by atoms with van der Waals surface area (Å²) in [5, 5.41) is 11.7. The molecule has 0 aliphatic carbocycles. The topological polar surface area (TPSA) is 78.4 Å². The average molecular weight is 238 g/mol. The molecule has 2 N–H and O–H groups in total. The third-order valence-corrected chi connectivity index (χ3v) is 2.53. The molecule has 1 aromatic heterocycles. The minimum absolute atomic E-state index is 0.349. The average Bonchev–Trinajstić information content (AvgIpc) is 2.35. The summed E-state index contributed by atoms with van der Waals surface area (Å²) in [5.41, 5.74) is 0. The molecule has 94 valence electrons. The monoisotopic (exact) mass is 238 g/mol. The Bertz CT molecular complexity index is 383. The number of carboxylic acid groups (broad SMARTS) is 1. The maximum absolute atomic E-state index is 10.7. The lowest BCUT2D eigenvalue weighted by Crippen LogP contribution is -2.21. The third-order valence-electron chi connectivity index (χ3n) is 2.53. The Morgan fingerprint density at radius 3 is 2.88 bits per heavy atom. The predicted molar refractivity (Wildman–Crippen MR) is 66.3 cm³/mol. The van der Waals surface area contributed by atoms with E-state index in [9.17, 15) is 4.79 Å². The molecule has 0 bridgehead atoms. The fraction of sp³-hybridized carbons (Fsp3) is 0.545. The highest BCUT2D eigenvalue weighted by molar-refractivity contribution is 5.70. The highest BCUT2D eigenvalue weighted by Crippen LogP contribution is 2.12. The van der Waals surface area contributed by atoms with Gasteiger partial charge in [-0.15, -0.1) is 0 Å². The Morgan fingerprint density at radius 2 is 2.29 bits per heavy atom. The summed E-state index contributed by atoms with van der Waals surface area (Å²) in [5.74, 6) is 0.186. The molecule has 0 aliphatic rings. The van der Waals surface area contributed by atoms with E-state index in [1.165, 1.54) is 6.33 Å².